The molecule has 3 heterocycles. The molecule has 0 spiro atoms. The van der Waals surface area contributed by atoms with Gasteiger partial charge in [0.2, 0.25) is 0 Å². The molecule has 0 saturated carbocycles. The van der Waals surface area contributed by atoms with Gasteiger partial charge in [-0.1, -0.05) is 0 Å². The highest BCUT2D eigenvalue weighted by atomic mass is 32.2. The number of amides is 1. The average Bonchev–Trinajstić information content (AvgIpc) is 3.03. The van der Waals surface area contributed by atoms with Crippen molar-refractivity contribution in [3.63, 3.8) is 0 Å². The summed E-state index contributed by atoms with van der Waals surface area (Å²) in [4.78, 5) is 16.2. The molecule has 126 valence electrons. The Morgan fingerprint density at radius 3 is 3.00 bits per heavy atom. The van der Waals surface area contributed by atoms with E-state index < -0.39 is 10.0 Å². The number of sulfonamides is 1. The molecule has 23 heavy (non-hydrogen) atoms. The number of fused-ring (bicyclic) bond motifs is 1. The molecule has 0 aliphatic carbocycles. The lowest BCUT2D eigenvalue weighted by Gasteiger charge is -2.29. The molecule has 0 bridgehead atoms. The molecule has 3 rings (SSSR count). The van der Waals surface area contributed by atoms with E-state index in [0.717, 1.165) is 19.4 Å². The Kier molecular flexibility index (Phi) is 4.54. The van der Waals surface area contributed by atoms with Gasteiger partial charge in [0, 0.05) is 32.4 Å². The van der Waals surface area contributed by atoms with Gasteiger partial charge in [-0.2, -0.15) is 0 Å². The summed E-state index contributed by atoms with van der Waals surface area (Å²) in [5, 5.41) is 0. The quantitative estimate of drug-likeness (QED) is 0.746. The molecule has 0 aromatic carbocycles. The van der Waals surface area contributed by atoms with Crippen LogP contribution in [0.3, 0.4) is 0 Å². The normalized spacial score (nSPS) is 25.6. The van der Waals surface area contributed by atoms with Gasteiger partial charge in [0.05, 0.1) is 17.4 Å². The molecule has 0 unspecified atom stereocenters. The zero-order valence-corrected chi connectivity index (χ0v) is 14.0. The summed E-state index contributed by atoms with van der Waals surface area (Å²) >= 11 is 0. The predicted octanol–water partition coefficient (Wildman–Crippen LogP) is 0.512. The van der Waals surface area contributed by atoms with Gasteiger partial charge in [-0.3, -0.25) is 4.79 Å². The Hall–Kier alpha value is -1.67. The van der Waals surface area contributed by atoms with Crippen LogP contribution in [0.1, 0.15) is 19.8 Å². The summed E-state index contributed by atoms with van der Waals surface area (Å²) in [6.07, 6.45) is 7.05. The van der Waals surface area contributed by atoms with Crippen molar-refractivity contribution in [2.24, 2.45) is 4.40 Å². The SMILES string of the molecule is CCN(C[C@H]1CCCO1)C(=O)C1=CN2CCS(=O)(=O)N=C2C=C1. The van der Waals surface area contributed by atoms with E-state index in [1.165, 1.54) is 0 Å². The molecule has 1 atom stereocenters. The Bertz CT molecular complexity index is 675. The first-order valence-corrected chi connectivity index (χ1v) is 9.49. The van der Waals surface area contributed by atoms with Crippen LogP contribution in [-0.4, -0.2) is 68.1 Å². The zero-order valence-electron chi connectivity index (χ0n) is 13.1. The summed E-state index contributed by atoms with van der Waals surface area (Å²) in [6.45, 7) is 4.23. The molecule has 1 amide bonds. The molecule has 1 saturated heterocycles. The smallest absolute Gasteiger partial charge is 0.256 e. The van der Waals surface area contributed by atoms with Crippen LogP contribution < -0.4 is 0 Å². The monoisotopic (exact) mass is 339 g/mol. The summed E-state index contributed by atoms with van der Waals surface area (Å²) in [7, 11) is -3.37. The van der Waals surface area contributed by atoms with Crippen LogP contribution >= 0.6 is 0 Å². The van der Waals surface area contributed by atoms with Crippen molar-refractivity contribution in [1.82, 2.24) is 9.80 Å². The zero-order chi connectivity index (χ0) is 16.4. The number of rotatable bonds is 4. The first-order chi connectivity index (χ1) is 11.0. The van der Waals surface area contributed by atoms with Gasteiger partial charge < -0.3 is 14.5 Å². The van der Waals surface area contributed by atoms with E-state index in [9.17, 15) is 13.2 Å². The molecule has 0 N–H and O–H groups in total. The third-order valence-corrected chi connectivity index (χ3v) is 5.35. The highest BCUT2D eigenvalue weighted by molar-refractivity contribution is 7.90. The molecular weight excluding hydrogens is 318 g/mol. The summed E-state index contributed by atoms with van der Waals surface area (Å²) in [6, 6.07) is 0. The molecule has 1 fully saturated rings. The maximum absolute atomic E-state index is 12.7. The third kappa shape index (κ3) is 3.64. The van der Waals surface area contributed by atoms with E-state index in [-0.39, 0.29) is 17.8 Å². The maximum Gasteiger partial charge on any atom is 0.256 e. The van der Waals surface area contributed by atoms with Gasteiger partial charge in [0.15, 0.2) is 0 Å². The maximum atomic E-state index is 12.7. The lowest BCUT2D eigenvalue weighted by Crippen LogP contribution is -2.41. The Morgan fingerprint density at radius 2 is 2.30 bits per heavy atom. The number of hydrogen-bond acceptors (Lipinski definition) is 5. The molecule has 3 aliphatic heterocycles. The molecule has 0 radical (unpaired) electrons. The van der Waals surface area contributed by atoms with Gasteiger partial charge in [-0.05, 0) is 31.9 Å². The van der Waals surface area contributed by atoms with Gasteiger partial charge >= 0.3 is 0 Å². The van der Waals surface area contributed by atoms with E-state index in [4.69, 9.17) is 4.74 Å². The third-order valence-electron chi connectivity index (χ3n) is 4.19. The van der Waals surface area contributed by atoms with E-state index in [1.807, 2.05) is 6.92 Å². The van der Waals surface area contributed by atoms with Crippen molar-refractivity contribution >= 4 is 21.8 Å². The number of carbonyl (C=O) groups excluding carboxylic acids is 1. The first kappa shape index (κ1) is 16.2. The van der Waals surface area contributed by atoms with E-state index in [1.54, 1.807) is 28.2 Å². The molecule has 8 heteroatoms. The van der Waals surface area contributed by atoms with Crippen molar-refractivity contribution in [3.05, 3.63) is 23.9 Å². The van der Waals surface area contributed by atoms with Crippen molar-refractivity contribution < 1.29 is 17.9 Å². The molecule has 3 aliphatic rings. The summed E-state index contributed by atoms with van der Waals surface area (Å²) in [5.41, 5.74) is 0.545. The second kappa shape index (κ2) is 6.45. The fourth-order valence-electron chi connectivity index (χ4n) is 2.90. The minimum atomic E-state index is -3.37. The molecular formula is C15H21N3O4S. The van der Waals surface area contributed by atoms with Crippen LogP contribution in [0.5, 0.6) is 0 Å². The van der Waals surface area contributed by atoms with Crippen LogP contribution in [0.15, 0.2) is 28.3 Å². The second-order valence-electron chi connectivity index (χ2n) is 5.83. The highest BCUT2D eigenvalue weighted by Crippen LogP contribution is 2.19. The van der Waals surface area contributed by atoms with Crippen molar-refractivity contribution in [2.45, 2.75) is 25.9 Å². The lowest BCUT2D eigenvalue weighted by atomic mass is 10.1. The fraction of sp³-hybridized carbons (Fsp3) is 0.600. The van der Waals surface area contributed by atoms with Gasteiger partial charge in [0.1, 0.15) is 5.84 Å². The number of nitrogens with zero attached hydrogens (tertiary/aromatic N) is 3. The topological polar surface area (TPSA) is 79.3 Å². The van der Waals surface area contributed by atoms with Gasteiger partial charge in [-0.25, -0.2) is 8.42 Å². The highest BCUT2D eigenvalue weighted by Gasteiger charge is 2.27. The Morgan fingerprint density at radius 1 is 1.48 bits per heavy atom. The molecule has 0 aromatic rings. The second-order valence-corrected chi connectivity index (χ2v) is 7.58. The van der Waals surface area contributed by atoms with Crippen LogP contribution in [0.2, 0.25) is 0 Å². The van der Waals surface area contributed by atoms with E-state index >= 15 is 0 Å². The van der Waals surface area contributed by atoms with Crippen LogP contribution in [-0.2, 0) is 19.6 Å². The van der Waals surface area contributed by atoms with Crippen LogP contribution in [0.4, 0.5) is 0 Å². The van der Waals surface area contributed by atoms with Crippen molar-refractivity contribution in [2.75, 3.05) is 32.0 Å². The van der Waals surface area contributed by atoms with Crippen molar-refractivity contribution in [1.29, 1.82) is 0 Å². The minimum Gasteiger partial charge on any atom is -0.376 e. The van der Waals surface area contributed by atoms with Crippen molar-refractivity contribution in [3.8, 4) is 0 Å². The Balaban J connectivity index is 1.72. The fourth-order valence-corrected chi connectivity index (χ4v) is 3.87. The number of carbonyl (C=O) groups is 1. The Labute approximate surface area is 136 Å². The predicted molar refractivity (Wildman–Crippen MR) is 86.4 cm³/mol. The molecule has 0 aromatic heterocycles. The lowest BCUT2D eigenvalue weighted by molar-refractivity contribution is -0.128. The van der Waals surface area contributed by atoms with E-state index in [2.05, 4.69) is 4.40 Å². The number of likely N-dealkylation sites (N-methyl/N-ethyl adjacent to an activating group) is 1. The summed E-state index contributed by atoms with van der Waals surface area (Å²) in [5.74, 6) is 0.275. The van der Waals surface area contributed by atoms with E-state index in [0.29, 0.717) is 31.0 Å². The minimum absolute atomic E-state index is 0.0320. The van der Waals surface area contributed by atoms with Gasteiger partial charge in [0.25, 0.3) is 15.9 Å². The number of hydrogen-bond donors (Lipinski definition) is 0. The van der Waals surface area contributed by atoms with Gasteiger partial charge in [-0.15, -0.1) is 4.40 Å². The number of ether oxygens (including phenoxy) is 1. The average molecular weight is 339 g/mol. The summed E-state index contributed by atoms with van der Waals surface area (Å²) < 4.78 is 32.3. The van der Waals surface area contributed by atoms with Crippen LogP contribution in [0, 0.1) is 0 Å². The number of amidine groups is 1. The standard InChI is InChI=1S/C15H21N3O4S/c1-2-17(11-13-4-3-8-22-13)15(19)12-5-6-14-16-23(20,21)9-7-18(14)10-12/h5-6,10,13H,2-4,7-9,11H2,1H3/t13-/m1/s1. The van der Waals surface area contributed by atoms with Crippen LogP contribution in [0.25, 0.3) is 0 Å². The molecule has 7 nitrogen and oxygen atoms in total. The largest absolute Gasteiger partial charge is 0.376 e. The first-order valence-electron chi connectivity index (χ1n) is 7.88.